The Kier molecular flexibility index (Phi) is 5.13. The van der Waals surface area contributed by atoms with Gasteiger partial charge in [-0.1, -0.05) is 15.9 Å². The van der Waals surface area contributed by atoms with E-state index in [1.54, 1.807) is 42.6 Å². The summed E-state index contributed by atoms with van der Waals surface area (Å²) in [6.07, 6.45) is 1.61. The van der Waals surface area contributed by atoms with Gasteiger partial charge in [0.15, 0.2) is 5.69 Å². The van der Waals surface area contributed by atoms with Crippen LogP contribution < -0.4 is 10.6 Å². The fraction of sp³-hybridized carbons (Fsp3) is 0.0556. The number of halogens is 2. The molecule has 0 saturated carbocycles. The zero-order valence-corrected chi connectivity index (χ0v) is 15.2. The van der Waals surface area contributed by atoms with Crippen LogP contribution in [0.15, 0.2) is 59.2 Å². The average Bonchev–Trinajstić information content (AvgIpc) is 3.08. The number of hydrogen-bond donors (Lipinski definition) is 2. The third-order valence-electron chi connectivity index (χ3n) is 3.45. The summed E-state index contributed by atoms with van der Waals surface area (Å²) in [6.45, 7) is 1.39. The summed E-state index contributed by atoms with van der Waals surface area (Å²) in [7, 11) is 0. The van der Waals surface area contributed by atoms with Crippen LogP contribution in [0.2, 0.25) is 0 Å². The first-order valence-corrected chi connectivity index (χ1v) is 8.42. The van der Waals surface area contributed by atoms with Crippen LogP contribution in [0.3, 0.4) is 0 Å². The van der Waals surface area contributed by atoms with Crippen LogP contribution in [-0.2, 0) is 4.79 Å². The largest absolute Gasteiger partial charge is 0.325 e. The SMILES string of the molecule is CC(=O)Nc1ccc(Br)cc1NC(=O)c1ccn(-c2ccc(F)cc2)n1. The molecular weight excluding hydrogens is 403 g/mol. The Labute approximate surface area is 157 Å². The Morgan fingerprint density at radius 2 is 1.77 bits per heavy atom. The van der Waals surface area contributed by atoms with Gasteiger partial charge in [-0.3, -0.25) is 9.59 Å². The van der Waals surface area contributed by atoms with E-state index in [-0.39, 0.29) is 17.4 Å². The van der Waals surface area contributed by atoms with Gasteiger partial charge in [0.1, 0.15) is 5.82 Å². The van der Waals surface area contributed by atoms with Gasteiger partial charge in [0.25, 0.3) is 5.91 Å². The normalized spacial score (nSPS) is 10.4. The van der Waals surface area contributed by atoms with Crippen molar-refractivity contribution in [3.63, 3.8) is 0 Å². The molecule has 0 aliphatic heterocycles. The molecule has 0 aliphatic rings. The first-order chi connectivity index (χ1) is 12.4. The van der Waals surface area contributed by atoms with Crippen molar-refractivity contribution >= 4 is 39.1 Å². The van der Waals surface area contributed by atoms with Gasteiger partial charge >= 0.3 is 0 Å². The zero-order valence-electron chi connectivity index (χ0n) is 13.7. The topological polar surface area (TPSA) is 76.0 Å². The van der Waals surface area contributed by atoms with E-state index in [2.05, 4.69) is 31.7 Å². The highest BCUT2D eigenvalue weighted by molar-refractivity contribution is 9.10. The lowest BCUT2D eigenvalue weighted by molar-refractivity contribution is -0.114. The van der Waals surface area contributed by atoms with Gasteiger partial charge in [-0.15, -0.1) is 0 Å². The Morgan fingerprint density at radius 3 is 2.46 bits per heavy atom. The minimum atomic E-state index is -0.435. The minimum Gasteiger partial charge on any atom is -0.325 e. The molecule has 0 fully saturated rings. The molecule has 0 atom stereocenters. The molecule has 2 aromatic carbocycles. The van der Waals surface area contributed by atoms with E-state index in [0.717, 1.165) is 4.47 Å². The third kappa shape index (κ3) is 4.15. The van der Waals surface area contributed by atoms with Gasteiger partial charge in [0, 0.05) is 17.6 Å². The molecule has 3 rings (SSSR count). The van der Waals surface area contributed by atoms with Crippen LogP contribution in [0, 0.1) is 5.82 Å². The molecule has 0 radical (unpaired) electrons. The van der Waals surface area contributed by atoms with E-state index < -0.39 is 5.91 Å². The number of rotatable bonds is 4. The van der Waals surface area contributed by atoms with Gasteiger partial charge in [-0.25, -0.2) is 9.07 Å². The average molecular weight is 417 g/mol. The molecule has 132 valence electrons. The summed E-state index contributed by atoms with van der Waals surface area (Å²) < 4.78 is 15.2. The molecule has 6 nitrogen and oxygen atoms in total. The van der Waals surface area contributed by atoms with Crippen LogP contribution in [0.4, 0.5) is 15.8 Å². The van der Waals surface area contributed by atoms with Crippen LogP contribution >= 0.6 is 15.9 Å². The Morgan fingerprint density at radius 1 is 1.04 bits per heavy atom. The number of carbonyl (C=O) groups is 2. The third-order valence-corrected chi connectivity index (χ3v) is 3.95. The Balaban J connectivity index is 1.82. The smallest absolute Gasteiger partial charge is 0.276 e. The quantitative estimate of drug-likeness (QED) is 0.674. The van der Waals surface area contributed by atoms with Gasteiger partial charge in [0.05, 0.1) is 17.1 Å². The van der Waals surface area contributed by atoms with Crippen molar-refractivity contribution in [2.75, 3.05) is 10.6 Å². The number of benzene rings is 2. The molecule has 2 N–H and O–H groups in total. The van der Waals surface area contributed by atoms with Gasteiger partial charge in [0.2, 0.25) is 5.91 Å². The van der Waals surface area contributed by atoms with Crippen molar-refractivity contribution in [2.45, 2.75) is 6.92 Å². The highest BCUT2D eigenvalue weighted by Gasteiger charge is 2.14. The second kappa shape index (κ2) is 7.49. The van der Waals surface area contributed by atoms with Crippen molar-refractivity contribution < 1.29 is 14.0 Å². The van der Waals surface area contributed by atoms with Crippen molar-refractivity contribution in [3.8, 4) is 5.69 Å². The fourth-order valence-electron chi connectivity index (χ4n) is 2.29. The van der Waals surface area contributed by atoms with E-state index in [1.807, 2.05) is 0 Å². The summed E-state index contributed by atoms with van der Waals surface area (Å²) in [6, 6.07) is 12.4. The molecule has 8 heteroatoms. The van der Waals surface area contributed by atoms with E-state index in [4.69, 9.17) is 0 Å². The number of aromatic nitrogens is 2. The zero-order chi connectivity index (χ0) is 18.7. The van der Waals surface area contributed by atoms with E-state index in [0.29, 0.717) is 17.1 Å². The first kappa shape index (κ1) is 17.8. The second-order valence-corrected chi connectivity index (χ2v) is 6.36. The summed E-state index contributed by atoms with van der Waals surface area (Å²) in [4.78, 5) is 23.8. The lowest BCUT2D eigenvalue weighted by atomic mass is 10.2. The second-order valence-electron chi connectivity index (χ2n) is 5.45. The van der Waals surface area contributed by atoms with Crippen molar-refractivity contribution in [1.82, 2.24) is 9.78 Å². The molecule has 0 bridgehead atoms. The van der Waals surface area contributed by atoms with E-state index in [9.17, 15) is 14.0 Å². The molecule has 1 aromatic heterocycles. The predicted octanol–water partition coefficient (Wildman–Crippen LogP) is 3.98. The van der Waals surface area contributed by atoms with Gasteiger partial charge in [-0.05, 0) is 48.5 Å². The van der Waals surface area contributed by atoms with Crippen molar-refractivity contribution in [3.05, 3.63) is 70.7 Å². The standard InChI is InChI=1S/C18H14BrFN4O2/c1-11(25)21-15-7-2-12(19)10-17(15)22-18(26)16-8-9-24(23-16)14-5-3-13(20)4-6-14/h2-10H,1H3,(H,21,25)(H,22,26). The fourth-order valence-corrected chi connectivity index (χ4v) is 2.65. The van der Waals surface area contributed by atoms with Crippen LogP contribution in [0.5, 0.6) is 0 Å². The molecule has 0 saturated heterocycles. The van der Waals surface area contributed by atoms with Crippen LogP contribution in [0.1, 0.15) is 17.4 Å². The summed E-state index contributed by atoms with van der Waals surface area (Å²) >= 11 is 3.33. The van der Waals surface area contributed by atoms with Crippen LogP contribution in [-0.4, -0.2) is 21.6 Å². The maximum absolute atomic E-state index is 13.0. The summed E-state index contributed by atoms with van der Waals surface area (Å²) in [5.74, 6) is -1.03. The number of amides is 2. The molecule has 3 aromatic rings. The summed E-state index contributed by atoms with van der Waals surface area (Å²) in [5, 5.41) is 9.59. The lowest BCUT2D eigenvalue weighted by Crippen LogP contribution is -2.16. The molecule has 0 unspecified atom stereocenters. The first-order valence-electron chi connectivity index (χ1n) is 7.62. The number of nitrogens with zero attached hydrogens (tertiary/aromatic N) is 2. The number of nitrogens with one attached hydrogen (secondary N) is 2. The van der Waals surface area contributed by atoms with Crippen LogP contribution in [0.25, 0.3) is 5.69 Å². The number of hydrogen-bond acceptors (Lipinski definition) is 3. The molecule has 2 amide bonds. The number of anilines is 2. The minimum absolute atomic E-state index is 0.183. The van der Waals surface area contributed by atoms with Gasteiger partial charge < -0.3 is 10.6 Å². The highest BCUT2D eigenvalue weighted by Crippen LogP contribution is 2.26. The molecule has 0 aliphatic carbocycles. The van der Waals surface area contributed by atoms with E-state index in [1.165, 1.54) is 23.7 Å². The van der Waals surface area contributed by atoms with E-state index >= 15 is 0 Å². The maximum atomic E-state index is 13.0. The van der Waals surface area contributed by atoms with Crippen molar-refractivity contribution in [1.29, 1.82) is 0 Å². The summed E-state index contributed by atoms with van der Waals surface area (Å²) in [5.41, 5.74) is 1.73. The molecule has 0 spiro atoms. The maximum Gasteiger partial charge on any atom is 0.276 e. The number of carbonyl (C=O) groups excluding carboxylic acids is 2. The molecule has 1 heterocycles. The van der Waals surface area contributed by atoms with Crippen molar-refractivity contribution in [2.24, 2.45) is 0 Å². The Bertz CT molecular complexity index is 970. The monoisotopic (exact) mass is 416 g/mol. The molecule has 26 heavy (non-hydrogen) atoms. The highest BCUT2D eigenvalue weighted by atomic mass is 79.9. The molecular formula is C18H14BrFN4O2. The predicted molar refractivity (Wildman–Crippen MR) is 99.9 cm³/mol. The lowest BCUT2D eigenvalue weighted by Gasteiger charge is -2.11. The van der Waals surface area contributed by atoms with Gasteiger partial charge in [-0.2, -0.15) is 5.10 Å². The Hall–Kier alpha value is -3.00.